The van der Waals surface area contributed by atoms with E-state index in [2.05, 4.69) is 13.8 Å². The van der Waals surface area contributed by atoms with Crippen molar-refractivity contribution in [1.29, 1.82) is 0 Å². The molecule has 2 aromatic carbocycles. The van der Waals surface area contributed by atoms with E-state index in [1.54, 1.807) is 6.07 Å². The van der Waals surface area contributed by atoms with Crippen LogP contribution in [0.3, 0.4) is 0 Å². The maximum absolute atomic E-state index is 11.3. The van der Waals surface area contributed by atoms with Gasteiger partial charge in [0.2, 0.25) is 0 Å². The Balaban J connectivity index is 0.00000288. The molecule has 1 unspecified atom stereocenters. The molecule has 0 aliphatic heterocycles. The standard InChI is InChI=1S/C18H20ClO3P.Li.H/c1-13(2)12-22-23(15-7-5-4-6-8-15)16-9-14(11-20)18(21-3)17(19)10-16;;/h4-11,13H,12H2,1-3H3;;. The molecule has 0 saturated heterocycles. The van der Waals surface area contributed by atoms with E-state index in [0.717, 1.165) is 16.9 Å². The summed E-state index contributed by atoms with van der Waals surface area (Å²) >= 11 is 6.28. The van der Waals surface area contributed by atoms with Crippen molar-refractivity contribution >= 4 is 55.5 Å². The Morgan fingerprint density at radius 1 is 1.17 bits per heavy atom. The average molecular weight is 359 g/mol. The number of benzene rings is 2. The molecule has 0 aromatic heterocycles. The number of methoxy groups -OCH3 is 1. The Labute approximate surface area is 161 Å². The van der Waals surface area contributed by atoms with Gasteiger partial charge in [-0.25, -0.2) is 0 Å². The quantitative estimate of drug-likeness (QED) is 0.431. The molecule has 0 heterocycles. The first-order valence-corrected chi connectivity index (χ1v) is 9.01. The monoisotopic (exact) mass is 358 g/mol. The van der Waals surface area contributed by atoms with Crippen LogP contribution in [0.25, 0.3) is 0 Å². The Kier molecular flexibility index (Phi) is 9.06. The first-order valence-electron chi connectivity index (χ1n) is 7.37. The minimum atomic E-state index is -1.04. The molecule has 0 fully saturated rings. The van der Waals surface area contributed by atoms with Crippen molar-refractivity contribution < 1.29 is 14.1 Å². The number of hydrogen-bond donors (Lipinski definition) is 0. The number of aldehydes is 1. The summed E-state index contributed by atoms with van der Waals surface area (Å²) in [5, 5.41) is 2.41. The van der Waals surface area contributed by atoms with Gasteiger partial charge < -0.3 is 9.26 Å². The summed E-state index contributed by atoms with van der Waals surface area (Å²) in [6.45, 7) is 4.85. The number of halogens is 1. The van der Waals surface area contributed by atoms with Crippen LogP contribution >= 0.6 is 19.7 Å². The Morgan fingerprint density at radius 2 is 1.83 bits per heavy atom. The van der Waals surface area contributed by atoms with Gasteiger partial charge in [0.25, 0.3) is 0 Å². The van der Waals surface area contributed by atoms with Gasteiger partial charge in [-0.3, -0.25) is 4.79 Å². The van der Waals surface area contributed by atoms with Crippen molar-refractivity contribution in [2.24, 2.45) is 5.92 Å². The molecule has 0 saturated carbocycles. The molecule has 0 aliphatic carbocycles. The minimum absolute atomic E-state index is 0. The van der Waals surface area contributed by atoms with E-state index < -0.39 is 8.15 Å². The Bertz CT molecular complexity index is 665. The van der Waals surface area contributed by atoms with Gasteiger partial charge in [-0.05, 0) is 18.1 Å². The van der Waals surface area contributed by atoms with Crippen LogP contribution in [0.1, 0.15) is 24.2 Å². The molecular formula is C18H21ClLiO3P. The van der Waals surface area contributed by atoms with Gasteiger partial charge in [0.15, 0.2) is 6.29 Å². The molecule has 3 nitrogen and oxygen atoms in total. The van der Waals surface area contributed by atoms with Crippen LogP contribution in [-0.4, -0.2) is 38.9 Å². The van der Waals surface area contributed by atoms with E-state index in [0.29, 0.717) is 28.9 Å². The van der Waals surface area contributed by atoms with Crippen molar-refractivity contribution in [2.45, 2.75) is 13.8 Å². The van der Waals surface area contributed by atoms with Gasteiger partial charge in [0, 0.05) is 10.6 Å². The molecule has 6 heteroatoms. The third kappa shape index (κ3) is 5.35. The van der Waals surface area contributed by atoms with E-state index in [1.165, 1.54) is 7.11 Å². The van der Waals surface area contributed by atoms with Crippen LogP contribution in [0, 0.1) is 5.92 Å². The van der Waals surface area contributed by atoms with Gasteiger partial charge in [-0.2, -0.15) is 0 Å². The fraction of sp³-hybridized carbons (Fsp3) is 0.278. The van der Waals surface area contributed by atoms with E-state index in [9.17, 15) is 4.79 Å². The van der Waals surface area contributed by atoms with Crippen LogP contribution in [0.15, 0.2) is 42.5 Å². The molecule has 0 amide bonds. The number of carbonyl (C=O) groups excluding carboxylic acids is 1. The van der Waals surface area contributed by atoms with Crippen molar-refractivity contribution in [3.63, 3.8) is 0 Å². The molecule has 0 radical (unpaired) electrons. The van der Waals surface area contributed by atoms with E-state index in [1.807, 2.05) is 36.4 Å². The van der Waals surface area contributed by atoms with Gasteiger partial charge in [-0.15, -0.1) is 0 Å². The van der Waals surface area contributed by atoms with E-state index in [4.69, 9.17) is 20.9 Å². The van der Waals surface area contributed by atoms with Crippen molar-refractivity contribution in [1.82, 2.24) is 0 Å². The maximum atomic E-state index is 11.3. The summed E-state index contributed by atoms with van der Waals surface area (Å²) in [7, 11) is 0.465. The summed E-state index contributed by atoms with van der Waals surface area (Å²) in [6, 6.07) is 13.6. The van der Waals surface area contributed by atoms with Gasteiger partial charge in [0.05, 0.1) is 32.5 Å². The van der Waals surface area contributed by atoms with Gasteiger partial charge in [0.1, 0.15) is 5.75 Å². The van der Waals surface area contributed by atoms with Crippen molar-refractivity contribution in [3.05, 3.63) is 53.1 Å². The van der Waals surface area contributed by atoms with Crippen LogP contribution in [0.4, 0.5) is 0 Å². The zero-order chi connectivity index (χ0) is 16.8. The predicted octanol–water partition coefficient (Wildman–Crippen LogP) is 3.53. The normalized spacial score (nSPS) is 11.7. The van der Waals surface area contributed by atoms with E-state index >= 15 is 0 Å². The molecule has 1 atom stereocenters. The number of carbonyl (C=O) groups is 1. The average Bonchev–Trinajstić information content (AvgIpc) is 2.55. The number of hydrogen-bond acceptors (Lipinski definition) is 3. The molecule has 0 spiro atoms. The number of rotatable bonds is 7. The molecular weight excluding hydrogens is 338 g/mol. The van der Waals surface area contributed by atoms with Crippen LogP contribution < -0.4 is 15.3 Å². The zero-order valence-corrected chi connectivity index (χ0v) is 15.1. The van der Waals surface area contributed by atoms with Gasteiger partial charge >= 0.3 is 18.9 Å². The molecule has 0 aliphatic rings. The summed E-state index contributed by atoms with van der Waals surface area (Å²) < 4.78 is 11.4. The van der Waals surface area contributed by atoms with Crippen molar-refractivity contribution in [3.8, 4) is 5.75 Å². The van der Waals surface area contributed by atoms with Gasteiger partial charge in [-0.1, -0.05) is 55.8 Å². The summed E-state index contributed by atoms with van der Waals surface area (Å²) in [5.41, 5.74) is 0.437. The Morgan fingerprint density at radius 3 is 2.38 bits per heavy atom. The third-order valence-corrected chi connectivity index (χ3v) is 5.33. The molecule has 124 valence electrons. The van der Waals surface area contributed by atoms with Crippen molar-refractivity contribution in [2.75, 3.05) is 13.7 Å². The Hall–Kier alpha value is -0.813. The predicted molar refractivity (Wildman–Crippen MR) is 104 cm³/mol. The third-order valence-electron chi connectivity index (χ3n) is 3.15. The summed E-state index contributed by atoms with van der Waals surface area (Å²) in [6.07, 6.45) is 0.759. The van der Waals surface area contributed by atoms with E-state index in [-0.39, 0.29) is 18.9 Å². The first kappa shape index (κ1) is 21.2. The molecule has 24 heavy (non-hydrogen) atoms. The van der Waals surface area contributed by atoms with Crippen LogP contribution in [0.5, 0.6) is 5.75 Å². The molecule has 0 N–H and O–H groups in total. The van der Waals surface area contributed by atoms with Crippen LogP contribution in [-0.2, 0) is 4.52 Å². The molecule has 0 bridgehead atoms. The fourth-order valence-corrected chi connectivity index (χ4v) is 4.47. The zero-order valence-electron chi connectivity index (χ0n) is 13.5. The first-order chi connectivity index (χ1) is 11.1. The SMILES string of the molecule is COc1c(Cl)cc(P(OCC(C)C)c2ccccc2)cc1C=O.[LiH]. The topological polar surface area (TPSA) is 35.5 Å². The summed E-state index contributed by atoms with van der Waals surface area (Å²) in [5.74, 6) is 0.820. The second kappa shape index (κ2) is 10.2. The second-order valence-corrected chi connectivity index (χ2v) is 7.77. The second-order valence-electron chi connectivity index (χ2n) is 5.49. The summed E-state index contributed by atoms with van der Waals surface area (Å²) in [4.78, 5) is 11.3. The number of ether oxygens (including phenoxy) is 1. The molecule has 2 rings (SSSR count). The fourth-order valence-electron chi connectivity index (χ4n) is 2.11. The van der Waals surface area contributed by atoms with Crippen LogP contribution in [0.2, 0.25) is 5.02 Å². The molecule has 2 aromatic rings.